The largest absolute Gasteiger partial charge is 0.462 e. The summed E-state index contributed by atoms with van der Waals surface area (Å²) in [5.41, 5.74) is 7.78. The summed E-state index contributed by atoms with van der Waals surface area (Å²) in [4.78, 5) is 13.6. The highest BCUT2D eigenvalue weighted by Crippen LogP contribution is 2.22. The summed E-state index contributed by atoms with van der Waals surface area (Å²) in [6.45, 7) is 0.928. The van der Waals surface area contributed by atoms with Crippen LogP contribution >= 0.6 is 0 Å². The lowest BCUT2D eigenvalue weighted by atomic mass is 10.1. The summed E-state index contributed by atoms with van der Waals surface area (Å²) in [7, 11) is 5.41. The average Bonchev–Trinajstić information content (AvgIpc) is 2.33. The van der Waals surface area contributed by atoms with Crippen LogP contribution in [0.15, 0.2) is 18.2 Å². The van der Waals surface area contributed by atoms with Crippen LogP contribution in [0.25, 0.3) is 0 Å². The van der Waals surface area contributed by atoms with Crippen molar-refractivity contribution in [3.63, 3.8) is 0 Å². The van der Waals surface area contributed by atoms with Gasteiger partial charge in [-0.25, -0.2) is 4.79 Å². The van der Waals surface area contributed by atoms with Crippen LogP contribution in [0.4, 0.5) is 11.4 Å². The van der Waals surface area contributed by atoms with E-state index in [0.29, 0.717) is 30.9 Å². The highest BCUT2D eigenvalue weighted by atomic mass is 16.5. The number of methoxy groups -OCH3 is 1. The topological polar surface area (TPSA) is 64.8 Å². The molecule has 0 unspecified atom stereocenters. The fourth-order valence-electron chi connectivity index (χ4n) is 1.54. The smallest absolute Gasteiger partial charge is 0.338 e. The quantitative estimate of drug-likeness (QED) is 0.472. The SMILES string of the molecule is COCCCOC(=O)c1ccc(N(C)C)c(N)c1. The molecule has 0 amide bonds. The number of nitrogen functional groups attached to an aromatic ring is 1. The fourth-order valence-corrected chi connectivity index (χ4v) is 1.54. The molecule has 5 nitrogen and oxygen atoms in total. The van der Waals surface area contributed by atoms with E-state index in [1.54, 1.807) is 25.3 Å². The minimum absolute atomic E-state index is 0.349. The Balaban J connectivity index is 2.61. The molecule has 0 heterocycles. The first-order valence-electron chi connectivity index (χ1n) is 5.79. The van der Waals surface area contributed by atoms with Gasteiger partial charge < -0.3 is 20.1 Å². The second kappa shape index (κ2) is 6.86. The normalized spacial score (nSPS) is 10.2. The van der Waals surface area contributed by atoms with Gasteiger partial charge in [-0.15, -0.1) is 0 Å². The van der Waals surface area contributed by atoms with E-state index < -0.39 is 0 Å². The van der Waals surface area contributed by atoms with E-state index in [1.165, 1.54) is 0 Å². The summed E-state index contributed by atoms with van der Waals surface area (Å²) in [6.07, 6.45) is 0.688. The van der Waals surface area contributed by atoms with Gasteiger partial charge in [0, 0.05) is 34.2 Å². The lowest BCUT2D eigenvalue weighted by molar-refractivity contribution is 0.0468. The second-order valence-corrected chi connectivity index (χ2v) is 4.15. The maximum atomic E-state index is 11.7. The molecule has 1 aromatic carbocycles. The van der Waals surface area contributed by atoms with Gasteiger partial charge in [-0.3, -0.25) is 0 Å². The number of anilines is 2. The van der Waals surface area contributed by atoms with E-state index in [0.717, 1.165) is 5.69 Å². The summed E-state index contributed by atoms with van der Waals surface area (Å²) in [5, 5.41) is 0. The molecule has 0 aliphatic carbocycles. The molecule has 5 heteroatoms. The van der Waals surface area contributed by atoms with Crippen LogP contribution < -0.4 is 10.6 Å². The molecule has 1 rings (SSSR count). The molecule has 0 aliphatic heterocycles. The number of carbonyl (C=O) groups excluding carboxylic acids is 1. The zero-order valence-corrected chi connectivity index (χ0v) is 11.1. The Kier molecular flexibility index (Phi) is 5.45. The predicted molar refractivity (Wildman–Crippen MR) is 72.0 cm³/mol. The maximum absolute atomic E-state index is 11.7. The molecule has 1 aromatic rings. The highest BCUT2D eigenvalue weighted by Gasteiger charge is 2.10. The third kappa shape index (κ3) is 3.92. The van der Waals surface area contributed by atoms with Gasteiger partial charge in [-0.1, -0.05) is 0 Å². The van der Waals surface area contributed by atoms with Crippen molar-refractivity contribution in [2.45, 2.75) is 6.42 Å². The van der Waals surface area contributed by atoms with Crippen molar-refractivity contribution >= 4 is 17.3 Å². The summed E-state index contributed by atoms with van der Waals surface area (Å²) < 4.78 is 9.97. The first kappa shape index (κ1) is 14.3. The van der Waals surface area contributed by atoms with Crippen molar-refractivity contribution in [3.8, 4) is 0 Å². The van der Waals surface area contributed by atoms with E-state index in [1.807, 2.05) is 19.0 Å². The van der Waals surface area contributed by atoms with Gasteiger partial charge in [-0.05, 0) is 18.2 Å². The van der Waals surface area contributed by atoms with Gasteiger partial charge >= 0.3 is 5.97 Å². The Morgan fingerprint density at radius 2 is 2.06 bits per heavy atom. The van der Waals surface area contributed by atoms with Crippen molar-refractivity contribution < 1.29 is 14.3 Å². The fraction of sp³-hybridized carbons (Fsp3) is 0.462. The number of esters is 1. The summed E-state index contributed by atoms with van der Waals surface area (Å²) in [6, 6.07) is 5.15. The molecule has 2 N–H and O–H groups in total. The lowest BCUT2D eigenvalue weighted by Gasteiger charge is -2.15. The van der Waals surface area contributed by atoms with E-state index in [-0.39, 0.29) is 5.97 Å². The minimum Gasteiger partial charge on any atom is -0.462 e. The van der Waals surface area contributed by atoms with Gasteiger partial charge in [0.05, 0.1) is 23.5 Å². The van der Waals surface area contributed by atoms with Crippen molar-refractivity contribution in [2.75, 3.05) is 45.1 Å². The molecule has 18 heavy (non-hydrogen) atoms. The van der Waals surface area contributed by atoms with Crippen LogP contribution in [-0.2, 0) is 9.47 Å². The number of hydrogen-bond donors (Lipinski definition) is 1. The number of nitrogens with two attached hydrogens (primary N) is 1. The summed E-state index contributed by atoms with van der Waals surface area (Å²) >= 11 is 0. The Hall–Kier alpha value is -1.75. The molecule has 0 radical (unpaired) electrons. The Labute approximate surface area is 107 Å². The molecule has 0 fully saturated rings. The standard InChI is InChI=1S/C13H20N2O3/c1-15(2)12-6-5-10(9-11(12)14)13(16)18-8-4-7-17-3/h5-6,9H,4,7-8,14H2,1-3H3. The highest BCUT2D eigenvalue weighted by molar-refractivity contribution is 5.92. The monoisotopic (exact) mass is 252 g/mol. The zero-order chi connectivity index (χ0) is 13.5. The Morgan fingerprint density at radius 3 is 2.61 bits per heavy atom. The van der Waals surface area contributed by atoms with Crippen LogP contribution in [0.3, 0.4) is 0 Å². The molecule has 0 spiro atoms. The first-order chi connectivity index (χ1) is 8.56. The molecule has 0 aromatic heterocycles. The number of nitrogens with zero attached hydrogens (tertiary/aromatic N) is 1. The van der Waals surface area contributed by atoms with Gasteiger partial charge in [0.2, 0.25) is 0 Å². The minimum atomic E-state index is -0.358. The zero-order valence-electron chi connectivity index (χ0n) is 11.1. The average molecular weight is 252 g/mol. The number of benzene rings is 1. The summed E-state index contributed by atoms with van der Waals surface area (Å²) in [5.74, 6) is -0.358. The van der Waals surface area contributed by atoms with E-state index in [9.17, 15) is 4.79 Å². The van der Waals surface area contributed by atoms with Crippen molar-refractivity contribution in [1.82, 2.24) is 0 Å². The Bertz CT molecular complexity index is 405. The number of rotatable bonds is 6. The third-order valence-electron chi connectivity index (χ3n) is 2.47. The number of ether oxygens (including phenoxy) is 2. The van der Waals surface area contributed by atoms with Crippen molar-refractivity contribution in [2.24, 2.45) is 0 Å². The molecule has 0 atom stereocenters. The first-order valence-corrected chi connectivity index (χ1v) is 5.79. The molecule has 0 aliphatic rings. The number of hydrogen-bond acceptors (Lipinski definition) is 5. The van der Waals surface area contributed by atoms with Gasteiger partial charge in [0.15, 0.2) is 0 Å². The maximum Gasteiger partial charge on any atom is 0.338 e. The van der Waals surface area contributed by atoms with Gasteiger partial charge in [0.25, 0.3) is 0 Å². The molecular weight excluding hydrogens is 232 g/mol. The van der Waals surface area contributed by atoms with E-state index >= 15 is 0 Å². The van der Waals surface area contributed by atoms with Gasteiger partial charge in [0.1, 0.15) is 0 Å². The van der Waals surface area contributed by atoms with Crippen molar-refractivity contribution in [3.05, 3.63) is 23.8 Å². The Morgan fingerprint density at radius 1 is 1.33 bits per heavy atom. The predicted octanol–water partition coefficient (Wildman–Crippen LogP) is 1.53. The third-order valence-corrected chi connectivity index (χ3v) is 2.47. The van der Waals surface area contributed by atoms with E-state index in [4.69, 9.17) is 15.2 Å². The van der Waals surface area contributed by atoms with Crippen LogP contribution in [0.2, 0.25) is 0 Å². The molecule has 0 saturated carbocycles. The number of carbonyl (C=O) groups is 1. The van der Waals surface area contributed by atoms with Crippen LogP contribution in [0.1, 0.15) is 16.8 Å². The molecular formula is C13H20N2O3. The van der Waals surface area contributed by atoms with Gasteiger partial charge in [-0.2, -0.15) is 0 Å². The van der Waals surface area contributed by atoms with Crippen molar-refractivity contribution in [1.29, 1.82) is 0 Å². The van der Waals surface area contributed by atoms with Crippen LogP contribution in [0.5, 0.6) is 0 Å². The van der Waals surface area contributed by atoms with Crippen LogP contribution in [-0.4, -0.2) is 40.4 Å². The molecule has 0 bridgehead atoms. The molecule has 100 valence electrons. The van der Waals surface area contributed by atoms with Crippen LogP contribution in [0, 0.1) is 0 Å². The van der Waals surface area contributed by atoms with E-state index in [2.05, 4.69) is 0 Å². The molecule has 0 saturated heterocycles. The lowest BCUT2D eigenvalue weighted by Crippen LogP contribution is -2.13. The second-order valence-electron chi connectivity index (χ2n) is 4.15.